The van der Waals surface area contributed by atoms with Crippen molar-refractivity contribution in [1.29, 1.82) is 0 Å². The second kappa shape index (κ2) is 6.71. The van der Waals surface area contributed by atoms with Gasteiger partial charge in [0.25, 0.3) is 0 Å². The van der Waals surface area contributed by atoms with Crippen LogP contribution < -0.4 is 10.1 Å². The fourth-order valence-corrected chi connectivity index (χ4v) is 1.51. The number of nitrogens with one attached hydrogen (secondary N) is 1. The van der Waals surface area contributed by atoms with Crippen LogP contribution in [0.15, 0.2) is 18.2 Å². The summed E-state index contributed by atoms with van der Waals surface area (Å²) in [4.78, 5) is 0. The lowest BCUT2D eigenvalue weighted by molar-refractivity contribution is 0.0695. The first-order valence-electron chi connectivity index (χ1n) is 6.23. The first-order chi connectivity index (χ1) is 8.45. The highest BCUT2D eigenvalue weighted by molar-refractivity contribution is 5.36. The summed E-state index contributed by atoms with van der Waals surface area (Å²) < 4.78 is 18.8. The van der Waals surface area contributed by atoms with E-state index in [1.165, 1.54) is 12.1 Å². The Morgan fingerprint density at radius 2 is 2.00 bits per heavy atom. The molecule has 2 N–H and O–H groups in total. The minimum Gasteiger partial charge on any atom is -0.491 e. The molecular formula is C14H22FNO2. The van der Waals surface area contributed by atoms with E-state index >= 15 is 0 Å². The summed E-state index contributed by atoms with van der Waals surface area (Å²) in [5.74, 6) is 0.456. The Hall–Kier alpha value is -1.13. The lowest BCUT2D eigenvalue weighted by Crippen LogP contribution is -2.24. The first kappa shape index (κ1) is 14.9. The van der Waals surface area contributed by atoms with Crippen LogP contribution in [0.4, 0.5) is 4.39 Å². The smallest absolute Gasteiger partial charge is 0.124 e. The lowest BCUT2D eigenvalue weighted by atomic mass is 10.1. The molecule has 2 atom stereocenters. The molecule has 0 heterocycles. The van der Waals surface area contributed by atoms with Crippen LogP contribution in [0.2, 0.25) is 0 Å². The van der Waals surface area contributed by atoms with Crippen LogP contribution in [-0.4, -0.2) is 24.9 Å². The van der Waals surface area contributed by atoms with Crippen molar-refractivity contribution in [2.45, 2.75) is 32.9 Å². The van der Waals surface area contributed by atoms with E-state index < -0.39 is 6.10 Å². The van der Waals surface area contributed by atoms with E-state index in [9.17, 15) is 9.50 Å². The van der Waals surface area contributed by atoms with Gasteiger partial charge in [-0.1, -0.05) is 13.8 Å². The number of aliphatic hydroxyl groups is 1. The molecule has 0 radical (unpaired) electrons. The summed E-state index contributed by atoms with van der Waals surface area (Å²) in [6.45, 7) is 6.00. The molecule has 0 aliphatic heterocycles. The Balaban J connectivity index is 2.81. The molecule has 0 spiro atoms. The van der Waals surface area contributed by atoms with E-state index in [4.69, 9.17) is 4.74 Å². The molecule has 102 valence electrons. The molecule has 0 bridgehead atoms. The Morgan fingerprint density at radius 3 is 2.56 bits per heavy atom. The number of benzene rings is 1. The third-order valence-corrected chi connectivity index (χ3v) is 3.05. The van der Waals surface area contributed by atoms with Gasteiger partial charge in [-0.25, -0.2) is 4.39 Å². The molecule has 0 saturated heterocycles. The summed E-state index contributed by atoms with van der Waals surface area (Å²) >= 11 is 0. The summed E-state index contributed by atoms with van der Waals surface area (Å²) in [6.07, 6.45) is -0.521. The number of aliphatic hydroxyl groups excluding tert-OH is 1. The molecule has 1 rings (SSSR count). The van der Waals surface area contributed by atoms with E-state index in [0.29, 0.717) is 5.75 Å². The molecule has 1 aromatic rings. The minimum absolute atomic E-state index is 0.00751. The largest absolute Gasteiger partial charge is 0.491 e. The van der Waals surface area contributed by atoms with Gasteiger partial charge in [-0.05, 0) is 38.1 Å². The normalized spacial score (nSPS) is 14.6. The van der Waals surface area contributed by atoms with Crippen molar-refractivity contribution < 1.29 is 14.2 Å². The van der Waals surface area contributed by atoms with Crippen molar-refractivity contribution in [1.82, 2.24) is 5.32 Å². The Labute approximate surface area is 108 Å². The summed E-state index contributed by atoms with van der Waals surface area (Å²) in [5.41, 5.74) is 0.758. The molecule has 0 amide bonds. The maximum absolute atomic E-state index is 13.2. The zero-order valence-corrected chi connectivity index (χ0v) is 11.4. The maximum Gasteiger partial charge on any atom is 0.124 e. The third kappa shape index (κ3) is 3.96. The second-order valence-corrected chi connectivity index (χ2v) is 4.81. The molecule has 0 aliphatic rings. The highest BCUT2D eigenvalue weighted by atomic mass is 19.1. The number of hydrogen-bond acceptors (Lipinski definition) is 3. The topological polar surface area (TPSA) is 41.5 Å². The quantitative estimate of drug-likeness (QED) is 0.820. The second-order valence-electron chi connectivity index (χ2n) is 4.81. The van der Waals surface area contributed by atoms with E-state index in [1.807, 2.05) is 27.8 Å². The van der Waals surface area contributed by atoms with Crippen molar-refractivity contribution in [2.24, 2.45) is 5.92 Å². The van der Waals surface area contributed by atoms with E-state index in [0.717, 1.165) is 5.56 Å². The monoisotopic (exact) mass is 255 g/mol. The Morgan fingerprint density at radius 1 is 1.33 bits per heavy atom. The fraction of sp³-hybridized carbons (Fsp3) is 0.571. The predicted octanol–water partition coefficient (Wildman–Crippen LogP) is 2.50. The number of rotatable bonds is 6. The molecule has 4 heteroatoms. The van der Waals surface area contributed by atoms with E-state index in [2.05, 4.69) is 5.32 Å². The molecule has 0 fully saturated rings. The lowest BCUT2D eigenvalue weighted by Gasteiger charge is -2.19. The molecular weight excluding hydrogens is 233 g/mol. The van der Waals surface area contributed by atoms with Crippen molar-refractivity contribution in [2.75, 3.05) is 13.7 Å². The molecule has 2 unspecified atom stereocenters. The summed E-state index contributed by atoms with van der Waals surface area (Å²) in [7, 11) is 1.81. The average molecular weight is 255 g/mol. The van der Waals surface area contributed by atoms with Gasteiger partial charge in [0.15, 0.2) is 0 Å². The van der Waals surface area contributed by atoms with Gasteiger partial charge in [-0.2, -0.15) is 0 Å². The fourth-order valence-electron chi connectivity index (χ4n) is 1.51. The molecule has 18 heavy (non-hydrogen) atoms. The van der Waals surface area contributed by atoms with Gasteiger partial charge < -0.3 is 15.2 Å². The molecule has 0 aliphatic carbocycles. The van der Waals surface area contributed by atoms with Gasteiger partial charge in [-0.15, -0.1) is 0 Å². The van der Waals surface area contributed by atoms with Gasteiger partial charge in [0.05, 0.1) is 6.10 Å². The van der Waals surface area contributed by atoms with Crippen LogP contribution in [0.3, 0.4) is 0 Å². The van der Waals surface area contributed by atoms with Gasteiger partial charge in [-0.3, -0.25) is 0 Å². The van der Waals surface area contributed by atoms with E-state index in [1.54, 1.807) is 6.07 Å². The Kier molecular flexibility index (Phi) is 5.56. The summed E-state index contributed by atoms with van der Waals surface area (Å²) in [5, 5.41) is 12.8. The van der Waals surface area contributed by atoms with Crippen molar-refractivity contribution >= 4 is 0 Å². The zero-order valence-electron chi connectivity index (χ0n) is 11.4. The number of hydrogen-bond donors (Lipinski definition) is 2. The molecule has 0 aromatic heterocycles. The molecule has 3 nitrogen and oxygen atoms in total. The van der Waals surface area contributed by atoms with Crippen LogP contribution in [0.25, 0.3) is 0 Å². The number of halogens is 1. The van der Waals surface area contributed by atoms with Crippen molar-refractivity contribution in [3.63, 3.8) is 0 Å². The van der Waals surface area contributed by atoms with Crippen molar-refractivity contribution in [3.05, 3.63) is 29.6 Å². The number of ether oxygens (including phenoxy) is 1. The standard InChI is InChI=1S/C14H22FNO2/c1-9(2)13(17)8-18-14-6-5-11(15)7-12(14)10(3)16-4/h5-7,9-10,13,16-17H,8H2,1-4H3. The van der Waals surface area contributed by atoms with Crippen LogP contribution in [0.1, 0.15) is 32.4 Å². The van der Waals surface area contributed by atoms with E-state index in [-0.39, 0.29) is 24.4 Å². The van der Waals surface area contributed by atoms with Gasteiger partial charge in [0, 0.05) is 11.6 Å². The Bertz CT molecular complexity index is 382. The van der Waals surface area contributed by atoms with Crippen molar-refractivity contribution in [3.8, 4) is 5.75 Å². The SMILES string of the molecule is CNC(C)c1cc(F)ccc1OCC(O)C(C)C. The molecule has 0 saturated carbocycles. The van der Waals surface area contributed by atoms with Crippen LogP contribution in [-0.2, 0) is 0 Å². The van der Waals surface area contributed by atoms with Crippen LogP contribution >= 0.6 is 0 Å². The van der Waals surface area contributed by atoms with Crippen LogP contribution in [0.5, 0.6) is 5.75 Å². The average Bonchev–Trinajstić information content (AvgIpc) is 2.35. The first-order valence-corrected chi connectivity index (χ1v) is 6.23. The molecule has 1 aromatic carbocycles. The third-order valence-electron chi connectivity index (χ3n) is 3.05. The zero-order chi connectivity index (χ0) is 13.7. The maximum atomic E-state index is 13.2. The van der Waals surface area contributed by atoms with Gasteiger partial charge >= 0.3 is 0 Å². The minimum atomic E-state index is -0.521. The van der Waals surface area contributed by atoms with Gasteiger partial charge in [0.1, 0.15) is 18.2 Å². The summed E-state index contributed by atoms with van der Waals surface area (Å²) in [6, 6.07) is 4.42. The van der Waals surface area contributed by atoms with Crippen LogP contribution in [0, 0.1) is 11.7 Å². The van der Waals surface area contributed by atoms with Gasteiger partial charge in [0.2, 0.25) is 0 Å². The highest BCUT2D eigenvalue weighted by Gasteiger charge is 2.14. The predicted molar refractivity (Wildman–Crippen MR) is 70.2 cm³/mol. The highest BCUT2D eigenvalue weighted by Crippen LogP contribution is 2.26.